The van der Waals surface area contributed by atoms with Crippen LogP contribution >= 0.6 is 0 Å². The van der Waals surface area contributed by atoms with Gasteiger partial charge in [0.25, 0.3) is 6.43 Å². The Labute approximate surface area is 96.8 Å². The van der Waals surface area contributed by atoms with Gasteiger partial charge in [0.2, 0.25) is 0 Å². The number of ether oxygens (including phenoxy) is 1. The van der Waals surface area contributed by atoms with Gasteiger partial charge in [0.1, 0.15) is 11.8 Å². The summed E-state index contributed by atoms with van der Waals surface area (Å²) in [6, 6.07) is 2.65. The van der Waals surface area contributed by atoms with Gasteiger partial charge < -0.3 is 4.74 Å². The normalized spacial score (nSPS) is 10.1. The number of carbonyl (C=O) groups is 1. The molecular formula is C11H10F2N2O2. The van der Waals surface area contributed by atoms with Gasteiger partial charge in [0.05, 0.1) is 13.0 Å². The molecule has 0 N–H and O–H groups in total. The minimum atomic E-state index is -2.76. The van der Waals surface area contributed by atoms with Crippen molar-refractivity contribution in [2.24, 2.45) is 0 Å². The number of hydrogen-bond acceptors (Lipinski definition) is 4. The van der Waals surface area contributed by atoms with E-state index >= 15 is 0 Å². The summed E-state index contributed by atoms with van der Waals surface area (Å²) in [6.07, 6.45) is -1.92. The third kappa shape index (κ3) is 3.48. The van der Waals surface area contributed by atoms with E-state index in [0.717, 1.165) is 12.3 Å². The van der Waals surface area contributed by atoms with Gasteiger partial charge in [-0.25, -0.2) is 13.8 Å². The summed E-state index contributed by atoms with van der Waals surface area (Å²) < 4.78 is 30.0. The molecule has 0 aliphatic rings. The third-order valence-electron chi connectivity index (χ3n) is 2.01. The fourth-order valence-corrected chi connectivity index (χ4v) is 1.28. The molecule has 0 radical (unpaired) electrons. The SMILES string of the molecule is CCOC(=O)Cc1cnc(C#N)cc1C(F)F. The second kappa shape index (κ2) is 5.89. The van der Waals surface area contributed by atoms with E-state index in [9.17, 15) is 13.6 Å². The number of esters is 1. The number of nitrogens with zero attached hydrogens (tertiary/aromatic N) is 2. The molecule has 0 aliphatic carbocycles. The Balaban J connectivity index is 2.99. The molecule has 4 nitrogen and oxygen atoms in total. The zero-order chi connectivity index (χ0) is 12.8. The Morgan fingerprint density at radius 3 is 2.88 bits per heavy atom. The van der Waals surface area contributed by atoms with E-state index in [1.807, 2.05) is 0 Å². The van der Waals surface area contributed by atoms with Crippen molar-refractivity contribution in [2.45, 2.75) is 19.8 Å². The summed E-state index contributed by atoms with van der Waals surface area (Å²) in [7, 11) is 0. The molecule has 1 heterocycles. The lowest BCUT2D eigenvalue weighted by atomic mass is 10.1. The standard InChI is InChI=1S/C11H10F2N2O2/c1-2-17-10(16)3-7-6-15-8(5-14)4-9(7)11(12)13/h4,6,11H,2-3H2,1H3. The van der Waals surface area contributed by atoms with Crippen molar-refractivity contribution < 1.29 is 18.3 Å². The molecule has 0 aromatic carbocycles. The Hall–Kier alpha value is -2.03. The number of carbonyl (C=O) groups excluding carboxylic acids is 1. The highest BCUT2D eigenvalue weighted by atomic mass is 19.3. The van der Waals surface area contributed by atoms with Crippen LogP contribution in [0.15, 0.2) is 12.3 Å². The van der Waals surface area contributed by atoms with Crippen molar-refractivity contribution in [3.8, 4) is 6.07 Å². The molecule has 1 aromatic rings. The van der Waals surface area contributed by atoms with Gasteiger partial charge in [-0.15, -0.1) is 0 Å². The molecular weight excluding hydrogens is 230 g/mol. The zero-order valence-electron chi connectivity index (χ0n) is 9.11. The van der Waals surface area contributed by atoms with E-state index in [2.05, 4.69) is 9.72 Å². The molecule has 0 unspecified atom stereocenters. The lowest BCUT2D eigenvalue weighted by Gasteiger charge is -2.08. The number of halogens is 2. The molecule has 0 fully saturated rings. The molecule has 17 heavy (non-hydrogen) atoms. The van der Waals surface area contributed by atoms with Gasteiger partial charge >= 0.3 is 5.97 Å². The van der Waals surface area contributed by atoms with Gasteiger partial charge in [-0.05, 0) is 18.6 Å². The van der Waals surface area contributed by atoms with Crippen LogP contribution in [0.3, 0.4) is 0 Å². The number of rotatable bonds is 4. The van der Waals surface area contributed by atoms with Gasteiger partial charge in [-0.2, -0.15) is 5.26 Å². The highest BCUT2D eigenvalue weighted by molar-refractivity contribution is 5.73. The van der Waals surface area contributed by atoms with E-state index in [1.54, 1.807) is 13.0 Å². The molecule has 1 rings (SSSR count). The molecule has 0 saturated heterocycles. The van der Waals surface area contributed by atoms with Crippen LogP contribution in [0, 0.1) is 11.3 Å². The highest BCUT2D eigenvalue weighted by Gasteiger charge is 2.17. The molecule has 0 saturated carbocycles. The molecule has 0 bridgehead atoms. The number of pyridine rings is 1. The van der Waals surface area contributed by atoms with Crippen LogP contribution in [0.5, 0.6) is 0 Å². The van der Waals surface area contributed by atoms with E-state index in [-0.39, 0.29) is 29.8 Å². The quantitative estimate of drug-likeness (QED) is 0.755. The fraction of sp³-hybridized carbons (Fsp3) is 0.364. The van der Waals surface area contributed by atoms with Gasteiger partial charge in [0.15, 0.2) is 0 Å². The Kier molecular flexibility index (Phi) is 4.52. The fourth-order valence-electron chi connectivity index (χ4n) is 1.28. The summed E-state index contributed by atoms with van der Waals surface area (Å²) in [4.78, 5) is 14.8. The van der Waals surface area contributed by atoms with Crippen LogP contribution < -0.4 is 0 Å². The van der Waals surface area contributed by atoms with Crippen molar-refractivity contribution in [1.29, 1.82) is 5.26 Å². The molecule has 90 valence electrons. The maximum Gasteiger partial charge on any atom is 0.310 e. The molecule has 6 heteroatoms. The van der Waals surface area contributed by atoms with Crippen LogP contribution in [0.2, 0.25) is 0 Å². The number of nitriles is 1. The molecule has 0 atom stereocenters. The molecule has 0 aliphatic heterocycles. The van der Waals surface area contributed by atoms with E-state index < -0.39 is 12.4 Å². The summed E-state index contributed by atoms with van der Waals surface area (Å²) in [6.45, 7) is 1.81. The van der Waals surface area contributed by atoms with E-state index in [1.165, 1.54) is 0 Å². The largest absolute Gasteiger partial charge is 0.466 e. The van der Waals surface area contributed by atoms with Gasteiger partial charge in [-0.1, -0.05) is 0 Å². The average Bonchev–Trinajstić information content (AvgIpc) is 2.29. The molecule has 1 aromatic heterocycles. The van der Waals surface area contributed by atoms with Crippen molar-refractivity contribution in [3.05, 3.63) is 29.1 Å². The lowest BCUT2D eigenvalue weighted by Crippen LogP contribution is -2.10. The van der Waals surface area contributed by atoms with E-state index in [4.69, 9.17) is 5.26 Å². The van der Waals surface area contributed by atoms with Crippen molar-refractivity contribution in [1.82, 2.24) is 4.98 Å². The first-order valence-electron chi connectivity index (χ1n) is 4.91. The minimum absolute atomic E-state index is 0.0810. The topological polar surface area (TPSA) is 63.0 Å². The highest BCUT2D eigenvalue weighted by Crippen LogP contribution is 2.23. The van der Waals surface area contributed by atoms with Crippen molar-refractivity contribution in [2.75, 3.05) is 6.61 Å². The lowest BCUT2D eigenvalue weighted by molar-refractivity contribution is -0.142. The number of alkyl halides is 2. The van der Waals surface area contributed by atoms with Crippen LogP contribution in [0.1, 0.15) is 30.2 Å². The average molecular weight is 240 g/mol. The molecule has 0 amide bonds. The Bertz CT molecular complexity index is 455. The van der Waals surface area contributed by atoms with Gasteiger partial charge in [-0.3, -0.25) is 4.79 Å². The van der Waals surface area contributed by atoms with Crippen molar-refractivity contribution in [3.63, 3.8) is 0 Å². The summed E-state index contributed by atoms with van der Waals surface area (Å²) >= 11 is 0. The summed E-state index contributed by atoms with van der Waals surface area (Å²) in [5, 5.41) is 8.55. The summed E-state index contributed by atoms with van der Waals surface area (Å²) in [5.41, 5.74) is -0.380. The second-order valence-corrected chi connectivity index (χ2v) is 3.16. The van der Waals surface area contributed by atoms with Crippen LogP contribution in [0.25, 0.3) is 0 Å². The predicted molar refractivity (Wildman–Crippen MR) is 54.2 cm³/mol. The van der Waals surface area contributed by atoms with Crippen LogP contribution in [-0.4, -0.2) is 17.6 Å². The molecule has 0 spiro atoms. The zero-order valence-corrected chi connectivity index (χ0v) is 9.11. The number of hydrogen-bond donors (Lipinski definition) is 0. The maximum absolute atomic E-state index is 12.7. The third-order valence-corrected chi connectivity index (χ3v) is 2.01. The van der Waals surface area contributed by atoms with Crippen LogP contribution in [0.4, 0.5) is 8.78 Å². The predicted octanol–water partition coefficient (Wildman–Crippen LogP) is 2.00. The summed E-state index contributed by atoms with van der Waals surface area (Å²) in [5.74, 6) is -0.596. The van der Waals surface area contributed by atoms with Crippen molar-refractivity contribution >= 4 is 5.97 Å². The first-order valence-corrected chi connectivity index (χ1v) is 4.91. The van der Waals surface area contributed by atoms with E-state index in [0.29, 0.717) is 0 Å². The first-order chi connectivity index (χ1) is 8.08. The van der Waals surface area contributed by atoms with Crippen LogP contribution in [-0.2, 0) is 16.0 Å². The minimum Gasteiger partial charge on any atom is -0.466 e. The monoisotopic (exact) mass is 240 g/mol. The smallest absolute Gasteiger partial charge is 0.310 e. The number of aromatic nitrogens is 1. The first kappa shape index (κ1) is 13.0. The Morgan fingerprint density at radius 2 is 2.35 bits per heavy atom. The maximum atomic E-state index is 12.7. The second-order valence-electron chi connectivity index (χ2n) is 3.16. The Morgan fingerprint density at radius 1 is 1.65 bits per heavy atom. The van der Waals surface area contributed by atoms with Gasteiger partial charge in [0, 0.05) is 11.8 Å².